The first-order chi connectivity index (χ1) is 13.8. The molecule has 0 N–H and O–H groups in total. The van der Waals surface area contributed by atoms with E-state index in [0.29, 0.717) is 17.2 Å². The Hall–Kier alpha value is -3.16. The van der Waals surface area contributed by atoms with Gasteiger partial charge in [-0.05, 0) is 42.5 Å². The first kappa shape index (κ1) is 17.0. The van der Waals surface area contributed by atoms with Crippen molar-refractivity contribution in [2.24, 2.45) is 0 Å². The number of nitrogens with zero attached hydrogens (tertiary/aromatic N) is 4. The number of aromatic nitrogens is 3. The Morgan fingerprint density at radius 3 is 2.68 bits per heavy atom. The first-order valence-electron chi connectivity index (χ1n) is 8.68. The Morgan fingerprint density at radius 2 is 1.82 bits per heavy atom. The van der Waals surface area contributed by atoms with Crippen LogP contribution in [0.2, 0.25) is 0 Å². The van der Waals surface area contributed by atoms with Gasteiger partial charge in [-0.15, -0.1) is 11.3 Å². The van der Waals surface area contributed by atoms with Crippen LogP contribution in [-0.2, 0) is 6.54 Å². The van der Waals surface area contributed by atoms with Gasteiger partial charge in [0, 0.05) is 11.8 Å². The Kier molecular flexibility index (Phi) is 4.31. The van der Waals surface area contributed by atoms with Gasteiger partial charge in [-0.25, -0.2) is 9.97 Å². The van der Waals surface area contributed by atoms with E-state index < -0.39 is 0 Å². The average molecular weight is 403 g/mol. The summed E-state index contributed by atoms with van der Waals surface area (Å²) in [5.41, 5.74) is 5.01. The predicted molar refractivity (Wildman–Crippen MR) is 114 cm³/mol. The molecule has 0 saturated carbocycles. The number of carbonyl (C=O) groups is 1. The molecule has 5 rings (SSSR count). The van der Waals surface area contributed by atoms with E-state index in [1.165, 1.54) is 22.7 Å². The lowest BCUT2D eigenvalue weighted by Gasteiger charge is -2.19. The predicted octanol–water partition coefficient (Wildman–Crippen LogP) is 5.15. The summed E-state index contributed by atoms with van der Waals surface area (Å²) in [6.07, 6.45) is 1.74. The van der Waals surface area contributed by atoms with Crippen molar-refractivity contribution >= 4 is 54.1 Å². The SMILES string of the molecule is O=C(c1ccc2ncsc2c1)N(Cc1ccccn1)c1nc2ccccc2s1. The van der Waals surface area contributed by atoms with Crippen LogP contribution in [0.25, 0.3) is 20.4 Å². The van der Waals surface area contributed by atoms with Crippen molar-refractivity contribution in [3.8, 4) is 0 Å². The second-order valence-corrected chi connectivity index (χ2v) is 8.11. The number of hydrogen-bond acceptors (Lipinski definition) is 6. The van der Waals surface area contributed by atoms with E-state index in [4.69, 9.17) is 4.98 Å². The number of carbonyl (C=O) groups excluding carboxylic acids is 1. The molecule has 0 unspecified atom stereocenters. The summed E-state index contributed by atoms with van der Waals surface area (Å²) in [5.74, 6) is -0.0972. The molecule has 0 aliphatic carbocycles. The monoisotopic (exact) mass is 402 g/mol. The van der Waals surface area contributed by atoms with Gasteiger partial charge in [0.15, 0.2) is 5.13 Å². The van der Waals surface area contributed by atoms with E-state index in [-0.39, 0.29) is 5.91 Å². The summed E-state index contributed by atoms with van der Waals surface area (Å²) < 4.78 is 2.04. The molecule has 0 spiro atoms. The Morgan fingerprint density at radius 1 is 0.929 bits per heavy atom. The lowest BCUT2D eigenvalue weighted by atomic mass is 10.2. The highest BCUT2D eigenvalue weighted by Gasteiger charge is 2.22. The largest absolute Gasteiger partial charge is 0.278 e. The zero-order valence-electron chi connectivity index (χ0n) is 14.6. The molecule has 2 aromatic carbocycles. The molecule has 5 nitrogen and oxygen atoms in total. The van der Waals surface area contributed by atoms with Crippen LogP contribution in [0.1, 0.15) is 16.1 Å². The van der Waals surface area contributed by atoms with Crippen LogP contribution >= 0.6 is 22.7 Å². The van der Waals surface area contributed by atoms with E-state index in [2.05, 4.69) is 9.97 Å². The standard InChI is InChI=1S/C21H14N4OS2/c26-20(14-8-9-16-19(11-14)27-13-23-16)25(12-15-5-3-4-10-22-15)21-24-17-6-1-2-7-18(17)28-21/h1-11,13H,12H2. The fraction of sp³-hybridized carbons (Fsp3) is 0.0476. The molecule has 5 aromatic rings. The van der Waals surface area contributed by atoms with Crippen molar-refractivity contribution in [2.45, 2.75) is 6.54 Å². The second-order valence-electron chi connectivity index (χ2n) is 6.21. The van der Waals surface area contributed by atoms with Gasteiger partial charge in [-0.1, -0.05) is 29.5 Å². The third kappa shape index (κ3) is 3.15. The summed E-state index contributed by atoms with van der Waals surface area (Å²) in [6, 6.07) is 19.2. The molecule has 0 saturated heterocycles. The molecular weight excluding hydrogens is 388 g/mol. The third-order valence-corrected chi connectivity index (χ3v) is 6.23. The maximum atomic E-state index is 13.4. The highest BCUT2D eigenvalue weighted by atomic mass is 32.1. The van der Waals surface area contributed by atoms with Crippen LogP contribution < -0.4 is 4.90 Å². The summed E-state index contributed by atoms with van der Waals surface area (Å²) in [6.45, 7) is 0.361. The molecule has 3 aromatic heterocycles. The zero-order valence-corrected chi connectivity index (χ0v) is 16.3. The summed E-state index contributed by atoms with van der Waals surface area (Å²) >= 11 is 3.04. The Bertz CT molecular complexity index is 1250. The summed E-state index contributed by atoms with van der Waals surface area (Å²) in [4.78, 5) is 28.5. The van der Waals surface area contributed by atoms with E-state index in [1.807, 2.05) is 60.7 Å². The quantitative estimate of drug-likeness (QED) is 0.417. The van der Waals surface area contributed by atoms with Crippen molar-refractivity contribution in [2.75, 3.05) is 4.90 Å². The molecule has 3 heterocycles. The molecule has 136 valence electrons. The molecule has 7 heteroatoms. The van der Waals surface area contributed by atoms with Gasteiger partial charge >= 0.3 is 0 Å². The number of amides is 1. The van der Waals surface area contributed by atoms with Crippen molar-refractivity contribution in [1.82, 2.24) is 15.0 Å². The first-order valence-corrected chi connectivity index (χ1v) is 10.4. The van der Waals surface area contributed by atoms with Gasteiger partial charge in [-0.3, -0.25) is 14.7 Å². The van der Waals surface area contributed by atoms with Gasteiger partial charge in [0.25, 0.3) is 5.91 Å². The van der Waals surface area contributed by atoms with E-state index in [9.17, 15) is 4.79 Å². The van der Waals surface area contributed by atoms with Crippen molar-refractivity contribution in [3.05, 3.63) is 83.6 Å². The fourth-order valence-corrected chi connectivity index (χ4v) is 4.68. The van der Waals surface area contributed by atoms with Gasteiger partial charge in [-0.2, -0.15) is 0 Å². The van der Waals surface area contributed by atoms with Crippen LogP contribution in [0.4, 0.5) is 5.13 Å². The number of pyridine rings is 1. The number of anilines is 1. The zero-order chi connectivity index (χ0) is 18.9. The minimum Gasteiger partial charge on any atom is -0.278 e. The number of rotatable bonds is 4. The van der Waals surface area contributed by atoms with Gasteiger partial charge in [0.05, 0.1) is 38.2 Å². The topological polar surface area (TPSA) is 59.0 Å². The van der Waals surface area contributed by atoms with E-state index in [1.54, 1.807) is 16.6 Å². The highest BCUT2D eigenvalue weighted by molar-refractivity contribution is 7.22. The highest BCUT2D eigenvalue weighted by Crippen LogP contribution is 2.31. The second kappa shape index (κ2) is 7.10. The lowest BCUT2D eigenvalue weighted by Crippen LogP contribution is -2.30. The minimum absolute atomic E-state index is 0.0972. The van der Waals surface area contributed by atoms with Gasteiger partial charge in [0.1, 0.15) is 0 Å². The Labute approximate surface area is 168 Å². The molecule has 0 radical (unpaired) electrons. The number of para-hydroxylation sites is 1. The van der Waals surface area contributed by atoms with Crippen LogP contribution in [0.3, 0.4) is 0 Å². The molecule has 0 bridgehead atoms. The van der Waals surface area contributed by atoms with Crippen LogP contribution in [0, 0.1) is 0 Å². The minimum atomic E-state index is -0.0972. The maximum absolute atomic E-state index is 13.4. The van der Waals surface area contributed by atoms with Crippen molar-refractivity contribution in [3.63, 3.8) is 0 Å². The molecule has 0 aliphatic heterocycles. The number of benzene rings is 2. The molecule has 0 fully saturated rings. The average Bonchev–Trinajstić information content (AvgIpc) is 3.38. The van der Waals surface area contributed by atoms with Gasteiger partial charge in [0.2, 0.25) is 0 Å². The maximum Gasteiger partial charge on any atom is 0.260 e. The Balaban J connectivity index is 1.58. The molecular formula is C21H14N4OS2. The smallest absolute Gasteiger partial charge is 0.260 e. The fourth-order valence-electron chi connectivity index (χ4n) is 3.00. The van der Waals surface area contributed by atoms with Crippen LogP contribution in [0.15, 0.2) is 72.4 Å². The van der Waals surface area contributed by atoms with Gasteiger partial charge < -0.3 is 0 Å². The number of fused-ring (bicyclic) bond motifs is 2. The van der Waals surface area contributed by atoms with Crippen LogP contribution in [-0.4, -0.2) is 20.9 Å². The number of hydrogen-bond donors (Lipinski definition) is 0. The van der Waals surface area contributed by atoms with Crippen molar-refractivity contribution < 1.29 is 4.79 Å². The molecule has 1 amide bonds. The molecule has 0 atom stereocenters. The third-order valence-electron chi connectivity index (χ3n) is 4.38. The van der Waals surface area contributed by atoms with E-state index >= 15 is 0 Å². The summed E-state index contributed by atoms with van der Waals surface area (Å²) in [5, 5.41) is 0.668. The summed E-state index contributed by atoms with van der Waals surface area (Å²) in [7, 11) is 0. The van der Waals surface area contributed by atoms with Crippen LogP contribution in [0.5, 0.6) is 0 Å². The van der Waals surface area contributed by atoms with Crippen molar-refractivity contribution in [1.29, 1.82) is 0 Å². The van der Waals surface area contributed by atoms with E-state index in [0.717, 1.165) is 26.1 Å². The normalized spacial score (nSPS) is 11.1. The molecule has 28 heavy (non-hydrogen) atoms. The lowest BCUT2D eigenvalue weighted by molar-refractivity contribution is 0.0985. The molecule has 0 aliphatic rings. The number of thiazole rings is 2.